The van der Waals surface area contributed by atoms with Crippen LogP contribution in [0.3, 0.4) is 0 Å². The predicted octanol–water partition coefficient (Wildman–Crippen LogP) is 2.42. The fourth-order valence-corrected chi connectivity index (χ4v) is 1.96. The highest BCUT2D eigenvalue weighted by Gasteiger charge is 2.18. The van der Waals surface area contributed by atoms with Gasteiger partial charge in [0.05, 0.1) is 11.6 Å². The molecule has 0 aliphatic carbocycles. The van der Waals surface area contributed by atoms with Gasteiger partial charge >= 0.3 is 0 Å². The SMILES string of the molecule is CCC(CC)n1nnnc1-c1ccc(N)cc1F. The van der Waals surface area contributed by atoms with E-state index in [-0.39, 0.29) is 6.04 Å². The molecule has 18 heavy (non-hydrogen) atoms. The van der Waals surface area contributed by atoms with Crippen LogP contribution < -0.4 is 5.73 Å². The van der Waals surface area contributed by atoms with Crippen LogP contribution in [0, 0.1) is 5.82 Å². The normalized spacial score (nSPS) is 11.1. The second-order valence-corrected chi connectivity index (χ2v) is 4.16. The molecule has 0 unspecified atom stereocenters. The Balaban J connectivity index is 2.48. The van der Waals surface area contributed by atoms with Gasteiger partial charge in [0.1, 0.15) is 5.82 Å². The minimum absolute atomic E-state index is 0.173. The quantitative estimate of drug-likeness (QED) is 0.845. The molecule has 0 atom stereocenters. The zero-order valence-electron chi connectivity index (χ0n) is 10.5. The lowest BCUT2D eigenvalue weighted by Gasteiger charge is -2.14. The highest BCUT2D eigenvalue weighted by Crippen LogP contribution is 2.25. The van der Waals surface area contributed by atoms with Crippen LogP contribution in [-0.4, -0.2) is 20.2 Å². The van der Waals surface area contributed by atoms with Crippen molar-refractivity contribution in [2.75, 3.05) is 5.73 Å². The van der Waals surface area contributed by atoms with Crippen molar-refractivity contribution in [3.63, 3.8) is 0 Å². The van der Waals surface area contributed by atoms with Gasteiger partial charge < -0.3 is 5.73 Å². The van der Waals surface area contributed by atoms with Gasteiger partial charge in [0.15, 0.2) is 5.82 Å². The number of tetrazole rings is 1. The van der Waals surface area contributed by atoms with Crippen LogP contribution in [-0.2, 0) is 0 Å². The van der Waals surface area contributed by atoms with E-state index in [1.54, 1.807) is 16.8 Å². The van der Waals surface area contributed by atoms with Crippen LogP contribution in [0.25, 0.3) is 11.4 Å². The molecule has 1 heterocycles. The highest BCUT2D eigenvalue weighted by atomic mass is 19.1. The summed E-state index contributed by atoms with van der Waals surface area (Å²) in [5.74, 6) is 0.0400. The third-order valence-corrected chi connectivity index (χ3v) is 3.02. The van der Waals surface area contributed by atoms with Crippen molar-refractivity contribution in [3.8, 4) is 11.4 Å². The molecule has 0 saturated heterocycles. The van der Waals surface area contributed by atoms with E-state index in [1.807, 2.05) is 0 Å². The van der Waals surface area contributed by atoms with Crippen molar-refractivity contribution in [2.45, 2.75) is 32.7 Å². The largest absolute Gasteiger partial charge is 0.399 e. The lowest BCUT2D eigenvalue weighted by molar-refractivity contribution is 0.421. The van der Waals surface area contributed by atoms with E-state index in [9.17, 15) is 4.39 Å². The Kier molecular flexibility index (Phi) is 3.55. The fraction of sp³-hybridized carbons (Fsp3) is 0.417. The van der Waals surface area contributed by atoms with Gasteiger partial charge in [0, 0.05) is 5.69 Å². The van der Waals surface area contributed by atoms with E-state index in [1.165, 1.54) is 6.07 Å². The van der Waals surface area contributed by atoms with Crippen molar-refractivity contribution >= 4 is 5.69 Å². The summed E-state index contributed by atoms with van der Waals surface area (Å²) in [6, 6.07) is 4.70. The number of hydrogen-bond acceptors (Lipinski definition) is 4. The maximum atomic E-state index is 13.9. The summed E-state index contributed by atoms with van der Waals surface area (Å²) in [5.41, 5.74) is 6.30. The molecule has 6 heteroatoms. The molecule has 5 nitrogen and oxygen atoms in total. The molecule has 1 aromatic carbocycles. The van der Waals surface area contributed by atoms with Gasteiger partial charge in [-0.25, -0.2) is 9.07 Å². The van der Waals surface area contributed by atoms with E-state index in [4.69, 9.17) is 5.73 Å². The summed E-state index contributed by atoms with van der Waals surface area (Å²) in [7, 11) is 0. The summed E-state index contributed by atoms with van der Waals surface area (Å²) in [4.78, 5) is 0. The molecule has 0 aliphatic rings. The number of benzene rings is 1. The number of rotatable bonds is 4. The highest BCUT2D eigenvalue weighted by molar-refractivity contribution is 5.59. The van der Waals surface area contributed by atoms with Crippen LogP contribution >= 0.6 is 0 Å². The molecule has 2 aromatic rings. The lowest BCUT2D eigenvalue weighted by atomic mass is 10.1. The van der Waals surface area contributed by atoms with Gasteiger partial charge in [0.2, 0.25) is 0 Å². The molecular weight excluding hydrogens is 233 g/mol. The summed E-state index contributed by atoms with van der Waals surface area (Å²) >= 11 is 0. The molecule has 0 amide bonds. The molecule has 0 fully saturated rings. The molecule has 96 valence electrons. The Labute approximate surface area is 105 Å². The van der Waals surface area contributed by atoms with Crippen molar-refractivity contribution in [2.24, 2.45) is 0 Å². The third-order valence-electron chi connectivity index (χ3n) is 3.02. The number of nitrogen functional groups attached to an aromatic ring is 1. The van der Waals surface area contributed by atoms with E-state index in [2.05, 4.69) is 29.4 Å². The van der Waals surface area contributed by atoms with Gasteiger partial charge in [-0.05, 0) is 41.5 Å². The molecule has 0 radical (unpaired) electrons. The minimum atomic E-state index is -0.406. The number of nitrogens with zero attached hydrogens (tertiary/aromatic N) is 4. The topological polar surface area (TPSA) is 69.6 Å². The van der Waals surface area contributed by atoms with Crippen LogP contribution in [0.2, 0.25) is 0 Å². The summed E-state index contributed by atoms with van der Waals surface area (Å²) in [6.45, 7) is 4.11. The molecular formula is C12H16FN5. The first-order chi connectivity index (χ1) is 8.67. The summed E-state index contributed by atoms with van der Waals surface area (Å²) in [6.07, 6.45) is 1.79. The van der Waals surface area contributed by atoms with Gasteiger partial charge in [-0.2, -0.15) is 0 Å². The number of hydrogen-bond donors (Lipinski definition) is 1. The molecule has 0 saturated carbocycles. The Bertz CT molecular complexity index is 533. The van der Waals surface area contributed by atoms with Crippen molar-refractivity contribution in [3.05, 3.63) is 24.0 Å². The van der Waals surface area contributed by atoms with Crippen LogP contribution in [0.15, 0.2) is 18.2 Å². The summed E-state index contributed by atoms with van der Waals surface area (Å²) in [5, 5.41) is 11.5. The average molecular weight is 249 g/mol. The average Bonchev–Trinajstić information content (AvgIpc) is 2.80. The Morgan fingerprint density at radius 1 is 1.33 bits per heavy atom. The van der Waals surface area contributed by atoms with E-state index >= 15 is 0 Å². The van der Waals surface area contributed by atoms with E-state index < -0.39 is 5.82 Å². The van der Waals surface area contributed by atoms with Gasteiger partial charge in [-0.1, -0.05) is 13.8 Å². The Hall–Kier alpha value is -1.98. The van der Waals surface area contributed by atoms with Gasteiger partial charge in [-0.3, -0.25) is 0 Å². The molecule has 0 bridgehead atoms. The molecule has 2 rings (SSSR count). The number of halogens is 1. The van der Waals surface area contributed by atoms with Crippen molar-refractivity contribution in [1.82, 2.24) is 20.2 Å². The fourth-order valence-electron chi connectivity index (χ4n) is 1.96. The zero-order valence-corrected chi connectivity index (χ0v) is 10.5. The minimum Gasteiger partial charge on any atom is -0.399 e. The van der Waals surface area contributed by atoms with E-state index in [0.29, 0.717) is 17.1 Å². The van der Waals surface area contributed by atoms with Crippen LogP contribution in [0.5, 0.6) is 0 Å². The number of aromatic nitrogens is 4. The molecule has 0 aliphatic heterocycles. The second-order valence-electron chi connectivity index (χ2n) is 4.16. The predicted molar refractivity (Wildman–Crippen MR) is 67.2 cm³/mol. The number of anilines is 1. The smallest absolute Gasteiger partial charge is 0.185 e. The zero-order chi connectivity index (χ0) is 13.1. The maximum absolute atomic E-state index is 13.9. The van der Waals surface area contributed by atoms with Crippen LogP contribution in [0.4, 0.5) is 10.1 Å². The van der Waals surface area contributed by atoms with E-state index in [0.717, 1.165) is 12.8 Å². The van der Waals surface area contributed by atoms with Gasteiger partial charge in [-0.15, -0.1) is 5.10 Å². The third kappa shape index (κ3) is 2.18. The van der Waals surface area contributed by atoms with Crippen LogP contribution in [0.1, 0.15) is 32.7 Å². The summed E-state index contributed by atoms with van der Waals surface area (Å²) < 4.78 is 15.6. The Morgan fingerprint density at radius 2 is 2.06 bits per heavy atom. The second kappa shape index (κ2) is 5.12. The first-order valence-corrected chi connectivity index (χ1v) is 6.00. The first kappa shape index (κ1) is 12.5. The standard InChI is InChI=1S/C12H16FN5/c1-3-9(4-2)18-12(15-16-17-18)10-6-5-8(14)7-11(10)13/h5-7,9H,3-4,14H2,1-2H3. The molecule has 0 spiro atoms. The van der Waals surface area contributed by atoms with Gasteiger partial charge in [0.25, 0.3) is 0 Å². The lowest BCUT2D eigenvalue weighted by Crippen LogP contribution is -2.11. The number of nitrogens with two attached hydrogens (primary N) is 1. The molecule has 2 N–H and O–H groups in total. The monoisotopic (exact) mass is 249 g/mol. The maximum Gasteiger partial charge on any atom is 0.185 e. The molecule has 1 aromatic heterocycles. The van der Waals surface area contributed by atoms with Crippen molar-refractivity contribution in [1.29, 1.82) is 0 Å². The first-order valence-electron chi connectivity index (χ1n) is 6.00. The van der Waals surface area contributed by atoms with Crippen molar-refractivity contribution < 1.29 is 4.39 Å². The Morgan fingerprint density at radius 3 is 2.67 bits per heavy atom.